The summed E-state index contributed by atoms with van der Waals surface area (Å²) in [6.07, 6.45) is 12.1. The van der Waals surface area contributed by atoms with Crippen LogP contribution in [0.5, 0.6) is 5.75 Å². The monoisotopic (exact) mass is 534 g/mol. The van der Waals surface area contributed by atoms with Crippen LogP contribution in [-0.2, 0) is 4.79 Å². The van der Waals surface area contributed by atoms with Crippen LogP contribution in [0.15, 0.2) is 103 Å². The van der Waals surface area contributed by atoms with Crippen molar-refractivity contribution in [3.63, 3.8) is 0 Å². The molecule has 0 spiro atoms. The number of unbranched alkanes of at least 4 members (excludes halogenated alkanes) is 9. The highest BCUT2D eigenvalue weighted by molar-refractivity contribution is 5.98. The molecule has 0 heterocycles. The van der Waals surface area contributed by atoms with Crippen LogP contribution < -0.4 is 4.74 Å². The fourth-order valence-corrected chi connectivity index (χ4v) is 5.18. The highest BCUT2D eigenvalue weighted by Gasteiger charge is 2.01. The Morgan fingerprint density at radius 2 is 0.925 bits per heavy atom. The Balaban J connectivity index is 0.000000219. The van der Waals surface area contributed by atoms with Crippen molar-refractivity contribution in [2.24, 2.45) is 0 Å². The molecule has 0 aromatic heterocycles. The average Bonchev–Trinajstić information content (AvgIpc) is 2.98. The van der Waals surface area contributed by atoms with Gasteiger partial charge in [-0.15, -0.1) is 0 Å². The number of rotatable bonds is 14. The maximum absolute atomic E-state index is 10.4. The van der Waals surface area contributed by atoms with Crippen LogP contribution in [0.2, 0.25) is 0 Å². The van der Waals surface area contributed by atoms with Crippen molar-refractivity contribution in [2.45, 2.75) is 70.6 Å². The second-order valence-corrected chi connectivity index (χ2v) is 10.6. The van der Waals surface area contributed by atoms with Crippen molar-refractivity contribution < 1.29 is 14.6 Å². The molecule has 3 heteroatoms. The SMILES string of the molecule is O=C(O)CCCCCCCCCCCCOc1cccc2ccccc12.c1ccc2cc3ccccc3cc2c1. The zero-order valence-electron chi connectivity index (χ0n) is 23.6. The van der Waals surface area contributed by atoms with E-state index in [-0.39, 0.29) is 0 Å². The first-order valence-electron chi connectivity index (χ1n) is 14.9. The zero-order valence-corrected chi connectivity index (χ0v) is 23.6. The van der Waals surface area contributed by atoms with Crippen LogP contribution in [0.3, 0.4) is 0 Å². The molecule has 0 atom stereocenters. The van der Waals surface area contributed by atoms with E-state index in [1.807, 2.05) is 0 Å². The lowest BCUT2D eigenvalue weighted by molar-refractivity contribution is -0.137. The maximum atomic E-state index is 10.4. The van der Waals surface area contributed by atoms with E-state index in [9.17, 15) is 4.79 Å². The number of ether oxygens (including phenoxy) is 1. The van der Waals surface area contributed by atoms with Gasteiger partial charge in [0, 0.05) is 11.8 Å². The predicted molar refractivity (Wildman–Crippen MR) is 169 cm³/mol. The van der Waals surface area contributed by atoms with Crippen LogP contribution >= 0.6 is 0 Å². The number of carbonyl (C=O) groups is 1. The van der Waals surface area contributed by atoms with Gasteiger partial charge >= 0.3 is 5.97 Å². The summed E-state index contributed by atoms with van der Waals surface area (Å²) >= 11 is 0. The zero-order chi connectivity index (χ0) is 27.8. The van der Waals surface area contributed by atoms with Gasteiger partial charge in [-0.05, 0) is 58.0 Å². The van der Waals surface area contributed by atoms with Gasteiger partial charge in [-0.3, -0.25) is 4.79 Å². The van der Waals surface area contributed by atoms with Gasteiger partial charge in [-0.2, -0.15) is 0 Å². The quantitative estimate of drug-likeness (QED) is 0.114. The summed E-state index contributed by atoms with van der Waals surface area (Å²) in [5.74, 6) is 0.320. The highest BCUT2D eigenvalue weighted by Crippen LogP contribution is 2.25. The molecule has 0 saturated carbocycles. The fraction of sp³-hybridized carbons (Fsp3) is 0.324. The Morgan fingerprint density at radius 1 is 0.500 bits per heavy atom. The number of aliphatic carboxylic acids is 1. The topological polar surface area (TPSA) is 46.5 Å². The molecule has 5 aromatic rings. The summed E-state index contributed by atoms with van der Waals surface area (Å²) in [6, 6.07) is 36.0. The Labute approximate surface area is 238 Å². The molecular formula is C37H42O3. The van der Waals surface area contributed by atoms with Crippen molar-refractivity contribution in [3.8, 4) is 5.75 Å². The van der Waals surface area contributed by atoms with Crippen molar-refractivity contribution in [2.75, 3.05) is 6.61 Å². The molecule has 0 saturated heterocycles. The lowest BCUT2D eigenvalue weighted by atomic mass is 10.0. The molecular weight excluding hydrogens is 492 g/mol. The van der Waals surface area contributed by atoms with Crippen LogP contribution in [-0.4, -0.2) is 17.7 Å². The third kappa shape index (κ3) is 9.41. The summed E-state index contributed by atoms with van der Waals surface area (Å²) in [4.78, 5) is 10.4. The summed E-state index contributed by atoms with van der Waals surface area (Å²) in [6.45, 7) is 0.789. The van der Waals surface area contributed by atoms with Gasteiger partial charge in [-0.25, -0.2) is 0 Å². The third-order valence-electron chi connectivity index (χ3n) is 7.41. The second kappa shape index (κ2) is 16.3. The van der Waals surface area contributed by atoms with Crippen LogP contribution in [0.25, 0.3) is 32.3 Å². The first kappa shape index (κ1) is 29.1. The number of hydrogen-bond donors (Lipinski definition) is 1. The Bertz CT molecular complexity index is 1360. The third-order valence-corrected chi connectivity index (χ3v) is 7.41. The van der Waals surface area contributed by atoms with Gasteiger partial charge in [0.05, 0.1) is 6.61 Å². The number of hydrogen-bond acceptors (Lipinski definition) is 2. The van der Waals surface area contributed by atoms with Crippen LogP contribution in [0, 0.1) is 0 Å². The molecule has 0 aliphatic carbocycles. The summed E-state index contributed by atoms with van der Waals surface area (Å²) in [7, 11) is 0. The number of benzene rings is 5. The van der Waals surface area contributed by atoms with Gasteiger partial charge in [0.15, 0.2) is 0 Å². The lowest BCUT2D eigenvalue weighted by Crippen LogP contribution is -1.97. The molecule has 208 valence electrons. The molecule has 0 aliphatic rings. The molecule has 0 aliphatic heterocycles. The fourth-order valence-electron chi connectivity index (χ4n) is 5.18. The van der Waals surface area contributed by atoms with Gasteiger partial charge in [-0.1, -0.05) is 136 Å². The van der Waals surface area contributed by atoms with E-state index in [0.29, 0.717) is 6.42 Å². The van der Waals surface area contributed by atoms with Gasteiger partial charge in [0.25, 0.3) is 0 Å². The van der Waals surface area contributed by atoms with Gasteiger partial charge in [0.2, 0.25) is 0 Å². The van der Waals surface area contributed by atoms with E-state index in [0.717, 1.165) is 31.6 Å². The molecule has 5 aromatic carbocycles. The number of fused-ring (bicyclic) bond motifs is 3. The molecule has 5 rings (SSSR count). The maximum Gasteiger partial charge on any atom is 0.303 e. The minimum absolute atomic E-state index is 0.320. The first-order chi connectivity index (χ1) is 19.7. The molecule has 3 nitrogen and oxygen atoms in total. The van der Waals surface area contributed by atoms with E-state index >= 15 is 0 Å². The summed E-state index contributed by atoms with van der Waals surface area (Å²) < 4.78 is 5.98. The van der Waals surface area contributed by atoms with Gasteiger partial charge in [0.1, 0.15) is 5.75 Å². The van der Waals surface area contributed by atoms with E-state index in [4.69, 9.17) is 9.84 Å². The molecule has 0 fully saturated rings. The standard InChI is InChI=1S/C23H32O3.C14H10/c24-23(25)18-9-7-5-3-1-2-4-6-8-12-19-26-22-17-13-15-20-14-10-11-16-21(20)22;1-2-6-12-10-14-8-4-3-7-13(14)9-11(12)5-1/h10-11,13-17H,1-9,12,18-19H2,(H,24,25);1-10H. The molecule has 40 heavy (non-hydrogen) atoms. The first-order valence-corrected chi connectivity index (χ1v) is 14.9. The summed E-state index contributed by atoms with van der Waals surface area (Å²) in [5, 5.41) is 16.2. The molecule has 0 bridgehead atoms. The lowest BCUT2D eigenvalue weighted by Gasteiger charge is -2.09. The highest BCUT2D eigenvalue weighted by atomic mass is 16.5. The van der Waals surface area contributed by atoms with Crippen LogP contribution in [0.4, 0.5) is 0 Å². The van der Waals surface area contributed by atoms with Crippen molar-refractivity contribution in [3.05, 3.63) is 103 Å². The van der Waals surface area contributed by atoms with Crippen molar-refractivity contribution in [1.82, 2.24) is 0 Å². The van der Waals surface area contributed by atoms with Gasteiger partial charge < -0.3 is 9.84 Å². The van der Waals surface area contributed by atoms with Crippen LogP contribution in [0.1, 0.15) is 70.6 Å². The van der Waals surface area contributed by atoms with E-state index in [2.05, 4.69) is 103 Å². The Hall–Kier alpha value is -3.85. The number of carboxylic acids is 1. The van der Waals surface area contributed by atoms with E-state index in [1.54, 1.807) is 0 Å². The molecule has 0 amide bonds. The largest absolute Gasteiger partial charge is 0.493 e. The molecule has 0 radical (unpaired) electrons. The Kier molecular flexibility index (Phi) is 11.9. The molecule has 0 unspecified atom stereocenters. The number of carboxylic acid groups (broad SMARTS) is 1. The van der Waals surface area contributed by atoms with E-state index < -0.39 is 5.97 Å². The van der Waals surface area contributed by atoms with Crippen molar-refractivity contribution in [1.29, 1.82) is 0 Å². The van der Waals surface area contributed by atoms with E-state index in [1.165, 1.54) is 77.3 Å². The van der Waals surface area contributed by atoms with Crippen molar-refractivity contribution >= 4 is 38.3 Å². The normalized spacial score (nSPS) is 10.9. The minimum atomic E-state index is -0.672. The second-order valence-electron chi connectivity index (χ2n) is 10.6. The Morgan fingerprint density at radius 3 is 1.45 bits per heavy atom. The smallest absolute Gasteiger partial charge is 0.303 e. The summed E-state index contributed by atoms with van der Waals surface area (Å²) in [5.41, 5.74) is 0. The minimum Gasteiger partial charge on any atom is -0.493 e. The average molecular weight is 535 g/mol. The predicted octanol–water partition coefficient (Wildman–Crippen LogP) is 10.6. The molecule has 1 N–H and O–H groups in total.